The predicted molar refractivity (Wildman–Crippen MR) is 157 cm³/mol. The molecule has 12 atom stereocenters. The Balaban J connectivity index is 0.000000186. The van der Waals surface area contributed by atoms with Crippen LogP contribution < -0.4 is 0 Å². The normalized spacial score (nSPS) is 37.5. The van der Waals surface area contributed by atoms with Gasteiger partial charge in [0.05, 0.1) is 17.9 Å². The standard InChI is InChI=1S/C18H26O7.C15H20O7/c1-7-18(5,6)16(21)24-13-11-9(15(20)25-17(2,3)4)8-10(22-11)12(13)23-14(8)19;1-5-15(2,3)14(18)22-11-8-6(12(16)19-4)7-9(20-8)10(11)21-13(7)17/h8-13H,7H2,1-6H3;6-11H,5H2,1-4H3. The maximum atomic E-state index is 12.6. The van der Waals surface area contributed by atoms with Gasteiger partial charge in [0.15, 0.2) is 24.4 Å². The Morgan fingerprint density at radius 1 is 0.617 bits per heavy atom. The first-order valence-corrected chi connectivity index (χ1v) is 16.2. The molecule has 0 aromatic rings. The summed E-state index contributed by atoms with van der Waals surface area (Å²) in [6, 6.07) is 0. The number of methoxy groups -OCH3 is 1. The molecule has 6 fully saturated rings. The maximum Gasteiger partial charge on any atom is 0.313 e. The minimum atomic E-state index is -0.807. The third kappa shape index (κ3) is 5.89. The van der Waals surface area contributed by atoms with Crippen molar-refractivity contribution < 1.29 is 66.7 Å². The molecule has 6 rings (SSSR count). The van der Waals surface area contributed by atoms with Gasteiger partial charge in [0.25, 0.3) is 0 Å². The topological polar surface area (TPSA) is 176 Å². The fourth-order valence-electron chi connectivity index (χ4n) is 6.84. The molecule has 14 nitrogen and oxygen atoms in total. The summed E-state index contributed by atoms with van der Waals surface area (Å²) in [7, 11) is 1.26. The molecule has 0 amide bonds. The van der Waals surface area contributed by atoms with E-state index in [1.807, 2.05) is 13.8 Å². The summed E-state index contributed by atoms with van der Waals surface area (Å²) in [5.41, 5.74) is -1.99. The summed E-state index contributed by atoms with van der Waals surface area (Å²) < 4.78 is 43.6. The Labute approximate surface area is 273 Å². The van der Waals surface area contributed by atoms with Crippen molar-refractivity contribution in [2.75, 3.05) is 7.11 Å². The first-order chi connectivity index (χ1) is 21.8. The van der Waals surface area contributed by atoms with Crippen molar-refractivity contribution in [3.8, 4) is 0 Å². The second-order valence-corrected chi connectivity index (χ2v) is 15.3. The molecule has 6 heterocycles. The average Bonchev–Trinajstić information content (AvgIpc) is 3.80. The monoisotopic (exact) mass is 666 g/mol. The highest BCUT2D eigenvalue weighted by Crippen LogP contribution is 2.53. The van der Waals surface area contributed by atoms with Crippen LogP contribution in [0.5, 0.6) is 0 Å². The molecule has 0 saturated carbocycles. The molecule has 0 aromatic carbocycles. The fourth-order valence-corrected chi connectivity index (χ4v) is 6.84. The molecular weight excluding hydrogens is 620 g/mol. The van der Waals surface area contributed by atoms with Crippen LogP contribution in [0, 0.1) is 34.5 Å². The molecule has 262 valence electrons. The Kier molecular flexibility index (Phi) is 8.96. The van der Waals surface area contributed by atoms with Crippen LogP contribution in [0.25, 0.3) is 0 Å². The van der Waals surface area contributed by atoms with E-state index in [1.54, 1.807) is 48.5 Å². The van der Waals surface area contributed by atoms with E-state index in [0.717, 1.165) is 0 Å². The molecule has 0 radical (unpaired) electrons. The van der Waals surface area contributed by atoms with E-state index >= 15 is 0 Å². The largest absolute Gasteiger partial charge is 0.469 e. The molecule has 4 bridgehead atoms. The summed E-state index contributed by atoms with van der Waals surface area (Å²) in [6.45, 7) is 16.2. The Morgan fingerprint density at radius 2 is 1.00 bits per heavy atom. The molecule has 0 N–H and O–H groups in total. The predicted octanol–water partition coefficient (Wildman–Crippen LogP) is 2.06. The molecule has 0 aromatic heterocycles. The quantitative estimate of drug-likeness (QED) is 0.272. The number of hydrogen-bond acceptors (Lipinski definition) is 14. The van der Waals surface area contributed by atoms with Crippen molar-refractivity contribution in [3.05, 3.63) is 0 Å². The maximum absolute atomic E-state index is 12.6. The number of ether oxygens (including phenoxy) is 8. The summed E-state index contributed by atoms with van der Waals surface area (Å²) in [6.07, 6.45) is -4.07. The van der Waals surface area contributed by atoms with Crippen molar-refractivity contribution in [3.63, 3.8) is 0 Å². The lowest BCUT2D eigenvalue weighted by atomic mass is 9.78. The molecule has 6 saturated heterocycles. The summed E-state index contributed by atoms with van der Waals surface area (Å²) in [5, 5.41) is 0. The van der Waals surface area contributed by atoms with Crippen LogP contribution in [-0.4, -0.2) is 97.4 Å². The second kappa shape index (κ2) is 12.0. The first kappa shape index (κ1) is 35.1. The average molecular weight is 667 g/mol. The van der Waals surface area contributed by atoms with Gasteiger partial charge in [-0.3, -0.25) is 28.8 Å². The van der Waals surface area contributed by atoms with Crippen LogP contribution in [0.4, 0.5) is 0 Å². The second-order valence-electron chi connectivity index (χ2n) is 15.3. The SMILES string of the molecule is CCC(C)(C)C(=O)OC1C2OC(=O)C3C2OC1C3C(=O)OC.CCC(C)(C)C(=O)OC1C2OC(=O)C3C2OC1C3C(=O)OC(C)(C)C. The smallest absolute Gasteiger partial charge is 0.313 e. The zero-order chi connectivity index (χ0) is 35.0. The van der Waals surface area contributed by atoms with Crippen molar-refractivity contribution in [1.29, 1.82) is 0 Å². The van der Waals surface area contributed by atoms with E-state index in [9.17, 15) is 28.8 Å². The summed E-state index contributed by atoms with van der Waals surface area (Å²) in [4.78, 5) is 73.5. The van der Waals surface area contributed by atoms with Crippen LogP contribution in [0.2, 0.25) is 0 Å². The Bertz CT molecular complexity index is 1330. The number of carbonyl (C=O) groups is 6. The van der Waals surface area contributed by atoms with Gasteiger partial charge < -0.3 is 37.9 Å². The van der Waals surface area contributed by atoms with Gasteiger partial charge in [-0.1, -0.05) is 13.8 Å². The number of rotatable bonds is 8. The van der Waals surface area contributed by atoms with E-state index < -0.39 is 119 Å². The highest BCUT2D eigenvalue weighted by molar-refractivity contribution is 5.88. The molecule has 0 spiro atoms. The summed E-state index contributed by atoms with van der Waals surface area (Å²) >= 11 is 0. The zero-order valence-electron chi connectivity index (χ0n) is 28.6. The van der Waals surface area contributed by atoms with Gasteiger partial charge in [-0.25, -0.2) is 0 Å². The van der Waals surface area contributed by atoms with E-state index in [4.69, 9.17) is 37.9 Å². The number of carbonyl (C=O) groups excluding carboxylic acids is 6. The third-order valence-electron chi connectivity index (χ3n) is 10.3. The number of hydrogen-bond donors (Lipinski definition) is 0. The zero-order valence-corrected chi connectivity index (χ0v) is 28.6. The Morgan fingerprint density at radius 3 is 1.34 bits per heavy atom. The van der Waals surface area contributed by atoms with Crippen LogP contribution in [0.15, 0.2) is 0 Å². The van der Waals surface area contributed by atoms with Gasteiger partial charge >= 0.3 is 35.8 Å². The van der Waals surface area contributed by atoms with Crippen LogP contribution >= 0.6 is 0 Å². The number of esters is 6. The first-order valence-electron chi connectivity index (χ1n) is 16.2. The van der Waals surface area contributed by atoms with Crippen LogP contribution in [0.1, 0.15) is 75.2 Å². The van der Waals surface area contributed by atoms with E-state index in [1.165, 1.54) is 7.11 Å². The van der Waals surface area contributed by atoms with Gasteiger partial charge in [0.1, 0.15) is 53.7 Å². The van der Waals surface area contributed by atoms with Gasteiger partial charge in [0.2, 0.25) is 0 Å². The Hall–Kier alpha value is -3.26. The molecule has 12 unspecified atom stereocenters. The van der Waals surface area contributed by atoms with Crippen molar-refractivity contribution in [1.82, 2.24) is 0 Å². The lowest BCUT2D eigenvalue weighted by Crippen LogP contribution is -2.49. The third-order valence-corrected chi connectivity index (χ3v) is 10.3. The molecule has 47 heavy (non-hydrogen) atoms. The fraction of sp³-hybridized carbons (Fsp3) is 0.818. The van der Waals surface area contributed by atoms with Gasteiger partial charge in [-0.15, -0.1) is 0 Å². The van der Waals surface area contributed by atoms with Gasteiger partial charge in [-0.05, 0) is 61.3 Å². The molecule has 14 heteroatoms. The van der Waals surface area contributed by atoms with Crippen molar-refractivity contribution in [2.24, 2.45) is 34.5 Å². The van der Waals surface area contributed by atoms with E-state index in [0.29, 0.717) is 12.8 Å². The van der Waals surface area contributed by atoms with Gasteiger partial charge in [0, 0.05) is 0 Å². The summed E-state index contributed by atoms with van der Waals surface area (Å²) in [5.74, 6) is -5.72. The minimum Gasteiger partial charge on any atom is -0.469 e. The lowest BCUT2D eigenvalue weighted by Gasteiger charge is -2.31. The highest BCUT2D eigenvalue weighted by Gasteiger charge is 2.73. The molecule has 6 aliphatic heterocycles. The molecule has 0 aliphatic carbocycles. The van der Waals surface area contributed by atoms with E-state index in [-0.39, 0.29) is 5.97 Å². The van der Waals surface area contributed by atoms with Crippen LogP contribution in [-0.2, 0) is 66.7 Å². The van der Waals surface area contributed by atoms with E-state index in [2.05, 4.69) is 0 Å². The van der Waals surface area contributed by atoms with Crippen molar-refractivity contribution in [2.45, 2.75) is 130 Å². The molecular formula is C33H46O14. The lowest BCUT2D eigenvalue weighted by molar-refractivity contribution is -0.174. The van der Waals surface area contributed by atoms with Crippen molar-refractivity contribution >= 4 is 35.8 Å². The highest BCUT2D eigenvalue weighted by atomic mass is 16.7. The minimum absolute atomic E-state index is 0.390. The number of fused-ring (bicyclic) bond motifs is 2. The van der Waals surface area contributed by atoms with Gasteiger partial charge in [-0.2, -0.15) is 0 Å². The van der Waals surface area contributed by atoms with Crippen LogP contribution in [0.3, 0.4) is 0 Å². The molecule has 6 aliphatic rings.